The summed E-state index contributed by atoms with van der Waals surface area (Å²) < 4.78 is 0. The summed E-state index contributed by atoms with van der Waals surface area (Å²) >= 11 is 0. The molecule has 3 N–H and O–H groups in total. The largest absolute Gasteiger partial charge is 0.481 e. The van der Waals surface area contributed by atoms with Crippen LogP contribution < -0.4 is 10.6 Å². The van der Waals surface area contributed by atoms with Gasteiger partial charge in [0, 0.05) is 19.5 Å². The molecule has 0 saturated carbocycles. The second kappa shape index (κ2) is 8.15. The van der Waals surface area contributed by atoms with Gasteiger partial charge in [-0.3, -0.25) is 9.59 Å². The van der Waals surface area contributed by atoms with Gasteiger partial charge in [0.25, 0.3) is 0 Å². The summed E-state index contributed by atoms with van der Waals surface area (Å²) in [6.07, 6.45) is 2.74. The van der Waals surface area contributed by atoms with Gasteiger partial charge in [0.1, 0.15) is 0 Å². The Hall–Kier alpha value is -1.10. The highest BCUT2D eigenvalue weighted by Crippen LogP contribution is 2.17. The van der Waals surface area contributed by atoms with Gasteiger partial charge in [-0.1, -0.05) is 20.3 Å². The van der Waals surface area contributed by atoms with Crippen LogP contribution in [0.4, 0.5) is 0 Å². The van der Waals surface area contributed by atoms with Crippen LogP contribution in [-0.2, 0) is 9.59 Å². The summed E-state index contributed by atoms with van der Waals surface area (Å²) in [6, 6.07) is 0. The van der Waals surface area contributed by atoms with Crippen LogP contribution in [0.5, 0.6) is 0 Å². The van der Waals surface area contributed by atoms with Crippen LogP contribution in [0, 0.1) is 17.8 Å². The first-order valence-electron chi connectivity index (χ1n) is 7.24. The van der Waals surface area contributed by atoms with Gasteiger partial charge in [-0.25, -0.2) is 0 Å². The summed E-state index contributed by atoms with van der Waals surface area (Å²) in [5.41, 5.74) is 0. The van der Waals surface area contributed by atoms with E-state index in [1.165, 1.54) is 0 Å². The quantitative estimate of drug-likeness (QED) is 0.620. The molecule has 1 rings (SSSR count). The molecular formula is C14H26N2O3. The van der Waals surface area contributed by atoms with Crippen LogP contribution in [0.15, 0.2) is 0 Å². The number of amides is 1. The van der Waals surface area contributed by atoms with Crippen molar-refractivity contribution in [2.24, 2.45) is 17.8 Å². The number of carbonyl (C=O) groups is 2. The number of carbonyl (C=O) groups excluding carboxylic acids is 1. The molecule has 0 aromatic carbocycles. The van der Waals surface area contributed by atoms with E-state index in [0.29, 0.717) is 24.8 Å². The standard InChI is InChI=1S/C14H26N2O3/c1-3-11(4-5-13(17)18)6-7-16-14(19)12-9-15-8-10(12)2/h10-12,15H,3-9H2,1-2H3,(H,16,19)(H,17,18). The fourth-order valence-corrected chi connectivity index (χ4v) is 2.57. The van der Waals surface area contributed by atoms with Gasteiger partial charge in [-0.15, -0.1) is 0 Å². The van der Waals surface area contributed by atoms with Crippen molar-refractivity contribution in [1.29, 1.82) is 0 Å². The Bertz CT molecular complexity index is 307. The fraction of sp³-hybridized carbons (Fsp3) is 0.857. The fourth-order valence-electron chi connectivity index (χ4n) is 2.57. The first kappa shape index (κ1) is 16.0. The third-order valence-corrected chi connectivity index (χ3v) is 4.05. The minimum atomic E-state index is -0.742. The molecule has 0 bridgehead atoms. The Morgan fingerprint density at radius 1 is 1.37 bits per heavy atom. The van der Waals surface area contributed by atoms with Crippen molar-refractivity contribution in [2.75, 3.05) is 19.6 Å². The lowest BCUT2D eigenvalue weighted by atomic mass is 9.95. The van der Waals surface area contributed by atoms with E-state index >= 15 is 0 Å². The number of carboxylic acids is 1. The number of carboxylic acid groups (broad SMARTS) is 1. The zero-order valence-corrected chi connectivity index (χ0v) is 11.9. The van der Waals surface area contributed by atoms with Crippen molar-refractivity contribution in [3.8, 4) is 0 Å². The van der Waals surface area contributed by atoms with Gasteiger partial charge < -0.3 is 15.7 Å². The van der Waals surface area contributed by atoms with Crippen molar-refractivity contribution in [2.45, 2.75) is 39.5 Å². The van der Waals surface area contributed by atoms with Gasteiger partial charge >= 0.3 is 5.97 Å². The predicted octanol–water partition coefficient (Wildman–Crippen LogP) is 1.24. The van der Waals surface area contributed by atoms with E-state index in [1.807, 2.05) is 0 Å². The minimum absolute atomic E-state index is 0.0825. The average Bonchev–Trinajstić information content (AvgIpc) is 2.79. The van der Waals surface area contributed by atoms with Crippen molar-refractivity contribution >= 4 is 11.9 Å². The molecule has 110 valence electrons. The molecule has 1 amide bonds. The maximum Gasteiger partial charge on any atom is 0.303 e. The highest BCUT2D eigenvalue weighted by Gasteiger charge is 2.29. The second-order valence-electron chi connectivity index (χ2n) is 5.53. The Labute approximate surface area is 115 Å². The summed E-state index contributed by atoms with van der Waals surface area (Å²) in [7, 11) is 0. The molecule has 1 heterocycles. The van der Waals surface area contributed by atoms with E-state index in [0.717, 1.165) is 25.9 Å². The first-order valence-corrected chi connectivity index (χ1v) is 7.24. The van der Waals surface area contributed by atoms with Crippen molar-refractivity contribution in [3.05, 3.63) is 0 Å². The highest BCUT2D eigenvalue weighted by molar-refractivity contribution is 5.79. The Balaban J connectivity index is 2.20. The third-order valence-electron chi connectivity index (χ3n) is 4.05. The van der Waals surface area contributed by atoms with Crippen LogP contribution in [0.2, 0.25) is 0 Å². The lowest BCUT2D eigenvalue weighted by molar-refractivity contribution is -0.137. The predicted molar refractivity (Wildman–Crippen MR) is 73.8 cm³/mol. The van der Waals surface area contributed by atoms with E-state index < -0.39 is 5.97 Å². The molecule has 0 radical (unpaired) electrons. The zero-order valence-electron chi connectivity index (χ0n) is 11.9. The highest BCUT2D eigenvalue weighted by atomic mass is 16.4. The molecule has 1 aliphatic heterocycles. The van der Waals surface area contributed by atoms with Gasteiger partial charge in [0.2, 0.25) is 5.91 Å². The van der Waals surface area contributed by atoms with E-state index in [9.17, 15) is 9.59 Å². The number of nitrogens with one attached hydrogen (secondary N) is 2. The van der Waals surface area contributed by atoms with E-state index in [-0.39, 0.29) is 18.2 Å². The number of aliphatic carboxylic acids is 1. The van der Waals surface area contributed by atoms with Crippen LogP contribution in [-0.4, -0.2) is 36.6 Å². The Morgan fingerprint density at radius 2 is 2.11 bits per heavy atom. The Morgan fingerprint density at radius 3 is 2.63 bits per heavy atom. The molecule has 1 fully saturated rings. The van der Waals surface area contributed by atoms with Gasteiger partial charge in [0.15, 0.2) is 0 Å². The molecule has 3 unspecified atom stereocenters. The SMILES string of the molecule is CCC(CCNC(=O)C1CNCC1C)CCC(=O)O. The molecule has 0 aromatic rings. The smallest absolute Gasteiger partial charge is 0.303 e. The molecular weight excluding hydrogens is 244 g/mol. The molecule has 19 heavy (non-hydrogen) atoms. The molecule has 0 spiro atoms. The van der Waals surface area contributed by atoms with Crippen molar-refractivity contribution in [3.63, 3.8) is 0 Å². The molecule has 1 aliphatic rings. The lowest BCUT2D eigenvalue weighted by Gasteiger charge is -2.17. The van der Waals surface area contributed by atoms with Crippen molar-refractivity contribution in [1.82, 2.24) is 10.6 Å². The van der Waals surface area contributed by atoms with Crippen LogP contribution >= 0.6 is 0 Å². The number of hydrogen-bond acceptors (Lipinski definition) is 3. The van der Waals surface area contributed by atoms with E-state index in [4.69, 9.17) is 5.11 Å². The molecule has 5 nitrogen and oxygen atoms in total. The van der Waals surface area contributed by atoms with Crippen LogP contribution in [0.25, 0.3) is 0 Å². The van der Waals surface area contributed by atoms with Gasteiger partial charge in [-0.2, -0.15) is 0 Å². The topological polar surface area (TPSA) is 78.4 Å². The maximum atomic E-state index is 11.9. The average molecular weight is 270 g/mol. The third kappa shape index (κ3) is 5.59. The molecule has 0 aliphatic carbocycles. The number of hydrogen-bond donors (Lipinski definition) is 3. The Kier molecular flexibility index (Phi) is 6.84. The molecule has 0 aromatic heterocycles. The van der Waals surface area contributed by atoms with E-state index in [1.54, 1.807) is 0 Å². The second-order valence-corrected chi connectivity index (χ2v) is 5.53. The lowest BCUT2D eigenvalue weighted by Crippen LogP contribution is -2.35. The maximum absolute atomic E-state index is 11.9. The molecule has 1 saturated heterocycles. The number of rotatable bonds is 8. The monoisotopic (exact) mass is 270 g/mol. The summed E-state index contributed by atoms with van der Waals surface area (Å²) in [5.74, 6) is 0.252. The summed E-state index contributed by atoms with van der Waals surface area (Å²) in [4.78, 5) is 22.5. The van der Waals surface area contributed by atoms with Crippen LogP contribution in [0.1, 0.15) is 39.5 Å². The van der Waals surface area contributed by atoms with Crippen LogP contribution in [0.3, 0.4) is 0 Å². The van der Waals surface area contributed by atoms with Gasteiger partial charge in [0.05, 0.1) is 5.92 Å². The zero-order chi connectivity index (χ0) is 14.3. The van der Waals surface area contributed by atoms with Crippen molar-refractivity contribution < 1.29 is 14.7 Å². The van der Waals surface area contributed by atoms with E-state index in [2.05, 4.69) is 24.5 Å². The minimum Gasteiger partial charge on any atom is -0.481 e. The molecule has 3 atom stereocenters. The summed E-state index contributed by atoms with van der Waals surface area (Å²) in [6.45, 7) is 6.49. The summed E-state index contributed by atoms with van der Waals surface area (Å²) in [5, 5.41) is 14.9. The molecule has 5 heteroatoms. The first-order chi connectivity index (χ1) is 9.04. The normalized spacial score (nSPS) is 24.1. The van der Waals surface area contributed by atoms with Gasteiger partial charge in [-0.05, 0) is 31.2 Å².